The Kier molecular flexibility index (Phi) is 3.52. The average molecular weight is 265 g/mol. The van der Waals surface area contributed by atoms with Crippen LogP contribution in [0.3, 0.4) is 0 Å². The Labute approximate surface area is 109 Å². The topological polar surface area (TPSA) is 70.4 Å². The number of aromatic nitrogens is 1. The molecule has 0 atom stereocenters. The molecular formula is C13H15NO3S. The highest BCUT2D eigenvalue weighted by Gasteiger charge is 2.16. The van der Waals surface area contributed by atoms with Crippen molar-refractivity contribution in [2.75, 3.05) is 0 Å². The van der Waals surface area contributed by atoms with Gasteiger partial charge in [0.15, 0.2) is 0 Å². The van der Waals surface area contributed by atoms with E-state index < -0.39 is 5.97 Å². The van der Waals surface area contributed by atoms with Crippen LogP contribution < -0.4 is 0 Å². The van der Waals surface area contributed by atoms with Crippen molar-refractivity contribution in [1.29, 1.82) is 0 Å². The second-order valence-electron chi connectivity index (χ2n) is 4.21. The van der Waals surface area contributed by atoms with Crippen LogP contribution in [0.5, 0.6) is 5.75 Å². The molecule has 5 heteroatoms. The molecule has 2 rings (SSSR count). The molecule has 0 radical (unpaired) electrons. The number of aromatic carboxylic acids is 1. The summed E-state index contributed by atoms with van der Waals surface area (Å²) in [4.78, 5) is 15.4. The van der Waals surface area contributed by atoms with Gasteiger partial charge in [-0.05, 0) is 18.9 Å². The smallest absolute Gasteiger partial charge is 0.339 e. The fraction of sp³-hybridized carbons (Fsp3) is 0.385. The van der Waals surface area contributed by atoms with Gasteiger partial charge in [0.1, 0.15) is 11.3 Å². The number of carboxylic acid groups (broad SMARTS) is 1. The molecule has 0 amide bonds. The number of hydrogen-bond donors (Lipinski definition) is 2. The Balaban J connectivity index is 2.54. The largest absolute Gasteiger partial charge is 0.507 e. The molecule has 18 heavy (non-hydrogen) atoms. The zero-order chi connectivity index (χ0) is 13.3. The van der Waals surface area contributed by atoms with Gasteiger partial charge in [-0.3, -0.25) is 0 Å². The molecule has 0 aliphatic carbocycles. The standard InChI is InChI=1S/C13H15NO3S/c1-3-7(4-2)12-14-9-5-8(13(16)17)10(15)6-11(9)18-12/h5-7,15H,3-4H2,1-2H3,(H,16,17). The van der Waals surface area contributed by atoms with Crippen molar-refractivity contribution in [2.24, 2.45) is 0 Å². The number of fused-ring (bicyclic) bond motifs is 1. The predicted molar refractivity (Wildman–Crippen MR) is 71.6 cm³/mol. The van der Waals surface area contributed by atoms with E-state index in [0.717, 1.165) is 22.5 Å². The molecule has 0 saturated heterocycles. The maximum absolute atomic E-state index is 10.9. The van der Waals surface area contributed by atoms with Gasteiger partial charge in [-0.25, -0.2) is 9.78 Å². The first-order chi connectivity index (χ1) is 8.56. The zero-order valence-electron chi connectivity index (χ0n) is 10.3. The molecular weight excluding hydrogens is 250 g/mol. The number of nitrogens with zero attached hydrogens (tertiary/aromatic N) is 1. The molecule has 0 fully saturated rings. The summed E-state index contributed by atoms with van der Waals surface area (Å²) >= 11 is 1.53. The van der Waals surface area contributed by atoms with Crippen LogP contribution in [0, 0.1) is 0 Å². The fourth-order valence-corrected chi connectivity index (χ4v) is 3.21. The lowest BCUT2D eigenvalue weighted by Crippen LogP contribution is -1.96. The predicted octanol–water partition coefficient (Wildman–Crippen LogP) is 3.60. The molecule has 0 aliphatic rings. The molecule has 0 unspecified atom stereocenters. The Morgan fingerprint density at radius 1 is 1.39 bits per heavy atom. The number of carboxylic acids is 1. The molecule has 96 valence electrons. The molecule has 0 aliphatic heterocycles. The highest BCUT2D eigenvalue weighted by atomic mass is 32.1. The quantitative estimate of drug-likeness (QED) is 0.886. The first kappa shape index (κ1) is 12.8. The van der Waals surface area contributed by atoms with Crippen molar-refractivity contribution in [2.45, 2.75) is 32.6 Å². The first-order valence-electron chi connectivity index (χ1n) is 5.93. The second kappa shape index (κ2) is 4.94. The van der Waals surface area contributed by atoms with Crippen molar-refractivity contribution in [1.82, 2.24) is 4.98 Å². The number of thiazole rings is 1. The molecule has 1 heterocycles. The van der Waals surface area contributed by atoms with E-state index >= 15 is 0 Å². The van der Waals surface area contributed by atoms with Crippen molar-refractivity contribution < 1.29 is 15.0 Å². The summed E-state index contributed by atoms with van der Waals surface area (Å²) in [6.07, 6.45) is 2.02. The van der Waals surface area contributed by atoms with Gasteiger partial charge >= 0.3 is 5.97 Å². The summed E-state index contributed by atoms with van der Waals surface area (Å²) in [6.45, 7) is 4.22. The zero-order valence-corrected chi connectivity index (χ0v) is 11.1. The van der Waals surface area contributed by atoms with Crippen LogP contribution in [-0.4, -0.2) is 21.2 Å². The molecule has 1 aromatic carbocycles. The summed E-state index contributed by atoms with van der Waals surface area (Å²) in [6, 6.07) is 2.93. The lowest BCUT2D eigenvalue weighted by Gasteiger charge is -2.06. The molecule has 4 nitrogen and oxygen atoms in total. The van der Waals surface area contributed by atoms with Crippen LogP contribution >= 0.6 is 11.3 Å². The van der Waals surface area contributed by atoms with Crippen LogP contribution in [0.4, 0.5) is 0 Å². The Morgan fingerprint density at radius 3 is 2.61 bits per heavy atom. The summed E-state index contributed by atoms with van der Waals surface area (Å²) < 4.78 is 0.833. The van der Waals surface area contributed by atoms with E-state index in [-0.39, 0.29) is 11.3 Å². The van der Waals surface area contributed by atoms with Gasteiger partial charge in [0.25, 0.3) is 0 Å². The molecule has 0 saturated carbocycles. The summed E-state index contributed by atoms with van der Waals surface area (Å²) in [5.74, 6) is -0.931. The van der Waals surface area contributed by atoms with Crippen LogP contribution in [0.25, 0.3) is 10.2 Å². The van der Waals surface area contributed by atoms with Gasteiger partial charge in [0, 0.05) is 12.0 Å². The van der Waals surface area contributed by atoms with Gasteiger partial charge in [-0.2, -0.15) is 0 Å². The van der Waals surface area contributed by atoms with Crippen LogP contribution in [0.15, 0.2) is 12.1 Å². The van der Waals surface area contributed by atoms with Gasteiger partial charge in [-0.1, -0.05) is 13.8 Å². The van der Waals surface area contributed by atoms with E-state index in [4.69, 9.17) is 5.11 Å². The van der Waals surface area contributed by atoms with Crippen molar-refractivity contribution >= 4 is 27.5 Å². The van der Waals surface area contributed by atoms with Crippen molar-refractivity contribution in [3.8, 4) is 5.75 Å². The first-order valence-corrected chi connectivity index (χ1v) is 6.75. The van der Waals surface area contributed by atoms with Crippen LogP contribution in [0.1, 0.15) is 48.0 Å². The highest BCUT2D eigenvalue weighted by Crippen LogP contribution is 2.34. The van der Waals surface area contributed by atoms with Gasteiger partial charge in [-0.15, -0.1) is 11.3 Å². The second-order valence-corrected chi connectivity index (χ2v) is 5.27. The third kappa shape index (κ3) is 2.18. The van der Waals surface area contributed by atoms with Gasteiger partial charge in [0.2, 0.25) is 0 Å². The van der Waals surface area contributed by atoms with Gasteiger partial charge in [0.05, 0.1) is 15.2 Å². The molecule has 1 aromatic heterocycles. The lowest BCUT2D eigenvalue weighted by atomic mass is 10.1. The van der Waals surface area contributed by atoms with E-state index in [0.29, 0.717) is 11.4 Å². The summed E-state index contributed by atoms with van der Waals surface area (Å²) in [7, 11) is 0. The minimum absolute atomic E-state index is 0.0936. The number of aromatic hydroxyl groups is 1. The third-order valence-electron chi connectivity index (χ3n) is 3.09. The van der Waals surface area contributed by atoms with Crippen LogP contribution in [-0.2, 0) is 0 Å². The Morgan fingerprint density at radius 2 is 2.06 bits per heavy atom. The minimum atomic E-state index is -1.13. The van der Waals surface area contributed by atoms with E-state index in [2.05, 4.69) is 18.8 Å². The maximum atomic E-state index is 10.9. The third-order valence-corrected chi connectivity index (χ3v) is 4.27. The normalized spacial score (nSPS) is 11.3. The summed E-state index contributed by atoms with van der Waals surface area (Å²) in [5, 5.41) is 19.6. The number of hydrogen-bond acceptors (Lipinski definition) is 4. The van der Waals surface area contributed by atoms with E-state index in [1.807, 2.05) is 0 Å². The molecule has 2 N–H and O–H groups in total. The average Bonchev–Trinajstić information content (AvgIpc) is 2.71. The molecule has 0 bridgehead atoms. The number of benzene rings is 1. The number of phenols is 1. The van der Waals surface area contributed by atoms with E-state index in [9.17, 15) is 9.90 Å². The Hall–Kier alpha value is -1.62. The monoisotopic (exact) mass is 265 g/mol. The van der Waals surface area contributed by atoms with Gasteiger partial charge < -0.3 is 10.2 Å². The fourth-order valence-electron chi connectivity index (χ4n) is 1.96. The van der Waals surface area contributed by atoms with E-state index in [1.54, 1.807) is 0 Å². The number of rotatable bonds is 4. The van der Waals surface area contributed by atoms with Crippen LogP contribution in [0.2, 0.25) is 0 Å². The maximum Gasteiger partial charge on any atom is 0.339 e. The van der Waals surface area contributed by atoms with E-state index in [1.165, 1.54) is 23.5 Å². The highest BCUT2D eigenvalue weighted by molar-refractivity contribution is 7.18. The number of carbonyl (C=O) groups is 1. The molecule has 2 aromatic rings. The van der Waals surface area contributed by atoms with Crippen molar-refractivity contribution in [3.63, 3.8) is 0 Å². The summed E-state index contributed by atoms with van der Waals surface area (Å²) in [5.41, 5.74) is 0.556. The lowest BCUT2D eigenvalue weighted by molar-refractivity contribution is 0.0694. The van der Waals surface area contributed by atoms with Crippen molar-refractivity contribution in [3.05, 3.63) is 22.7 Å². The minimum Gasteiger partial charge on any atom is -0.507 e. The Bertz CT molecular complexity index is 587. The molecule has 0 spiro atoms. The SMILES string of the molecule is CCC(CC)c1nc2cc(C(=O)O)c(O)cc2s1.